The summed E-state index contributed by atoms with van der Waals surface area (Å²) in [6.07, 6.45) is 0.486. The molecule has 6 rings (SSSR count). The van der Waals surface area contributed by atoms with E-state index in [9.17, 15) is 28.8 Å². The lowest BCUT2D eigenvalue weighted by atomic mass is 10.1. The van der Waals surface area contributed by atoms with Crippen LogP contribution in [0.4, 0.5) is 0 Å². The second-order valence-electron chi connectivity index (χ2n) is 14.8. The topological polar surface area (TPSA) is 257 Å². The van der Waals surface area contributed by atoms with Crippen LogP contribution < -0.4 is 10.6 Å². The first-order valence-corrected chi connectivity index (χ1v) is 23.6. The van der Waals surface area contributed by atoms with Gasteiger partial charge in [-0.3, -0.25) is 48.2 Å². The summed E-state index contributed by atoms with van der Waals surface area (Å²) in [6.45, 7) is 16.4. The fourth-order valence-corrected chi connectivity index (χ4v) is 6.13. The van der Waals surface area contributed by atoms with Gasteiger partial charge in [-0.05, 0) is 116 Å². The third-order valence-corrected chi connectivity index (χ3v) is 10.4. The minimum atomic E-state index is -0.833. The van der Waals surface area contributed by atoms with Crippen molar-refractivity contribution in [2.24, 2.45) is 0 Å². The molecule has 3 aromatic heterocycles. The number of aliphatic carboxylic acids is 2. The summed E-state index contributed by atoms with van der Waals surface area (Å²) in [4.78, 5) is 94.5. The summed E-state index contributed by atoms with van der Waals surface area (Å²) in [5, 5.41) is 19.9. The van der Waals surface area contributed by atoms with Gasteiger partial charge < -0.3 is 48.8 Å². The number of ketones is 1. The van der Waals surface area contributed by atoms with E-state index in [-0.39, 0.29) is 35.0 Å². The maximum atomic E-state index is 11.9. The second kappa shape index (κ2) is 34.8. The van der Waals surface area contributed by atoms with Crippen LogP contribution in [0.25, 0.3) is 0 Å². The number of imide groups is 1. The van der Waals surface area contributed by atoms with Crippen LogP contribution in [0.15, 0.2) is 87.9 Å². The second-order valence-corrected chi connectivity index (χ2v) is 17.1. The highest BCUT2D eigenvalue weighted by Crippen LogP contribution is 2.19. The number of hydrogen-bond acceptors (Lipinski definition) is 14. The third-order valence-electron chi connectivity index (χ3n) is 9.09. The smallest absolute Gasteiger partial charge is 0.300 e. The molecule has 0 atom stereocenters. The Hall–Kier alpha value is -5.46. The van der Waals surface area contributed by atoms with Gasteiger partial charge >= 0.3 is 0 Å². The average molecular weight is 1160 g/mol. The number of benzene rings is 1. The van der Waals surface area contributed by atoms with Crippen LogP contribution in [0.5, 0.6) is 0 Å². The molecule has 2 aliphatic rings. The van der Waals surface area contributed by atoms with Gasteiger partial charge in [-0.25, -0.2) is 0 Å². The lowest BCUT2D eigenvalue weighted by molar-refractivity contribution is -0.135. The van der Waals surface area contributed by atoms with Gasteiger partial charge in [-0.2, -0.15) is 0 Å². The Kier molecular flexibility index (Phi) is 32.0. The number of piperazine rings is 2. The first kappa shape index (κ1) is 63.5. The number of carbonyl (C=O) groups excluding carboxylic acids is 6. The molecule has 4 aromatic rings. The van der Waals surface area contributed by atoms with Gasteiger partial charge in [-0.15, -0.1) is 0 Å². The normalized spacial score (nSPS) is 13.0. The Bertz CT molecular complexity index is 2140. The zero-order valence-corrected chi connectivity index (χ0v) is 45.4. The van der Waals surface area contributed by atoms with E-state index in [1.54, 1.807) is 52.2 Å². The standard InChI is InChI=1S/C14H21N3O.C11H7Br2NO4.C7H7BrO2.C7H14N2O.C3H7NO.2C2H4O2/c1-15-14(18)13-5-3-12(4-6-13)11-17-9-7-16(2)8-10-17;1-14(10(15)6-2-4-8(12)17-6)11(16)7-3-5-9(13)18-7;1-2-5(9)6-3-4-7(8)10-6;1-7(10)9-5-3-8(2)4-6-9;1-3(5)4-2;2*1-2(3)4/h3-6H,7-11H2,1-2H3,(H,15,18);2-5H,1H3;3-4H,2H2,1H3;3-6H2,1-2H3;1-2H3,(H,4,5);2*1H3,(H,3,4). The summed E-state index contributed by atoms with van der Waals surface area (Å²) in [6, 6.07) is 17.4. The van der Waals surface area contributed by atoms with Crippen molar-refractivity contribution in [3.8, 4) is 0 Å². The highest BCUT2D eigenvalue weighted by Gasteiger charge is 2.25. The molecular weight excluding hydrogens is 1100 g/mol. The molecule has 2 fully saturated rings. The van der Waals surface area contributed by atoms with Crippen LogP contribution in [0.2, 0.25) is 0 Å². The summed E-state index contributed by atoms with van der Waals surface area (Å²) in [5.41, 5.74) is 1.99. The Morgan fingerprint density at radius 2 is 0.957 bits per heavy atom. The average Bonchev–Trinajstić information content (AvgIpc) is 4.08. The lowest BCUT2D eigenvalue weighted by Crippen LogP contribution is -2.46. The van der Waals surface area contributed by atoms with Crippen molar-refractivity contribution in [1.82, 2.24) is 35.1 Å². The summed E-state index contributed by atoms with van der Waals surface area (Å²) in [7, 11) is 8.85. The number of carboxylic acid groups (broad SMARTS) is 2. The van der Waals surface area contributed by atoms with E-state index in [2.05, 4.69) is 87.2 Å². The number of hydrogen-bond donors (Lipinski definition) is 4. The van der Waals surface area contributed by atoms with Crippen molar-refractivity contribution < 1.29 is 61.8 Å². The number of rotatable bonds is 7. The number of nitrogens with one attached hydrogen (secondary N) is 2. The number of furan rings is 3. The van der Waals surface area contributed by atoms with E-state index >= 15 is 0 Å². The molecule has 2 saturated heterocycles. The molecule has 0 unspecified atom stereocenters. The number of carboxylic acids is 2. The fourth-order valence-electron chi connectivity index (χ4n) is 5.21. The summed E-state index contributed by atoms with van der Waals surface area (Å²) in [5.74, 6) is -1.97. The number of halogens is 3. The molecule has 2 aliphatic heterocycles. The van der Waals surface area contributed by atoms with Gasteiger partial charge in [0.25, 0.3) is 29.7 Å². The number of carbonyl (C=O) groups is 8. The van der Waals surface area contributed by atoms with Crippen LogP contribution in [0.1, 0.15) is 88.6 Å². The van der Waals surface area contributed by atoms with Crippen molar-refractivity contribution in [3.63, 3.8) is 0 Å². The van der Waals surface area contributed by atoms with Crippen LogP contribution in [0.3, 0.4) is 0 Å². The van der Waals surface area contributed by atoms with Crippen LogP contribution in [-0.4, -0.2) is 170 Å². The van der Waals surface area contributed by atoms with Gasteiger partial charge in [0.15, 0.2) is 37.1 Å². The van der Waals surface area contributed by atoms with Crippen molar-refractivity contribution >= 4 is 95.0 Å². The summed E-state index contributed by atoms with van der Waals surface area (Å²) < 4.78 is 16.6. The molecule has 382 valence electrons. The monoisotopic (exact) mass is 1160 g/mol. The molecule has 0 spiro atoms. The van der Waals surface area contributed by atoms with E-state index in [4.69, 9.17) is 33.1 Å². The molecule has 0 saturated carbocycles. The largest absolute Gasteiger partial charge is 0.481 e. The van der Waals surface area contributed by atoms with E-state index < -0.39 is 23.8 Å². The highest BCUT2D eigenvalue weighted by molar-refractivity contribution is 9.10. The first-order chi connectivity index (χ1) is 32.3. The minimum Gasteiger partial charge on any atom is -0.481 e. The van der Waals surface area contributed by atoms with Gasteiger partial charge in [0.05, 0.1) is 0 Å². The molecule has 69 heavy (non-hydrogen) atoms. The van der Waals surface area contributed by atoms with Crippen molar-refractivity contribution in [2.45, 2.75) is 47.6 Å². The Morgan fingerprint density at radius 3 is 1.26 bits per heavy atom. The van der Waals surface area contributed by atoms with Gasteiger partial charge in [0.1, 0.15) is 0 Å². The van der Waals surface area contributed by atoms with Crippen LogP contribution in [-0.2, 0) is 25.7 Å². The zero-order chi connectivity index (χ0) is 52.8. The van der Waals surface area contributed by atoms with Crippen LogP contribution in [0, 0.1) is 0 Å². The molecule has 0 bridgehead atoms. The minimum absolute atomic E-state index is 0.00463. The van der Waals surface area contributed by atoms with Crippen LogP contribution >= 0.6 is 47.8 Å². The van der Waals surface area contributed by atoms with E-state index in [0.717, 1.165) is 83.2 Å². The number of nitrogens with zero attached hydrogens (tertiary/aromatic N) is 5. The number of likely N-dealkylation sites (N-methyl/N-ethyl adjacent to an activating group) is 2. The van der Waals surface area contributed by atoms with Crippen molar-refractivity contribution in [2.75, 3.05) is 87.6 Å². The number of Topliss-reactive ketones (excluding diaryl/α,β-unsaturated/α-hetero) is 1. The molecule has 5 heterocycles. The predicted octanol–water partition coefficient (Wildman–Crippen LogP) is 6.45. The Balaban J connectivity index is 0.000000842. The predicted molar refractivity (Wildman–Crippen MR) is 269 cm³/mol. The quantitative estimate of drug-likeness (QED) is 0.114. The molecule has 4 N–H and O–H groups in total. The molecule has 23 heteroatoms. The van der Waals surface area contributed by atoms with Gasteiger partial charge in [-0.1, -0.05) is 19.1 Å². The highest BCUT2D eigenvalue weighted by atomic mass is 79.9. The SMILES string of the molecule is CC(=O)N1CCN(C)CC1.CC(=O)O.CC(=O)O.CCC(=O)c1ccc(Br)o1.CN(C(=O)c1ccc(Br)o1)C(=O)c1ccc(Br)o1.CNC(=O)c1ccc(CN2CCN(C)CC2)cc1.CNC(C)=O. The maximum absolute atomic E-state index is 11.9. The first-order valence-electron chi connectivity index (χ1n) is 21.2. The molecular formula is C46H64Br3N7O13. The van der Waals surface area contributed by atoms with Crippen molar-refractivity contribution in [3.05, 3.63) is 103 Å². The summed E-state index contributed by atoms with van der Waals surface area (Å²) >= 11 is 9.29. The molecule has 20 nitrogen and oxygen atoms in total. The van der Waals surface area contributed by atoms with Crippen molar-refractivity contribution in [1.29, 1.82) is 0 Å². The maximum Gasteiger partial charge on any atom is 0.300 e. The number of amides is 5. The van der Waals surface area contributed by atoms with Gasteiger partial charge in [0.2, 0.25) is 11.8 Å². The molecule has 0 radical (unpaired) electrons. The Morgan fingerprint density at radius 1 is 0.594 bits per heavy atom. The molecule has 1 aromatic carbocycles. The third kappa shape index (κ3) is 28.6. The van der Waals surface area contributed by atoms with E-state index in [0.29, 0.717) is 26.2 Å². The van der Waals surface area contributed by atoms with Gasteiger partial charge in [0, 0.05) is 120 Å². The van der Waals surface area contributed by atoms with E-state index in [1.165, 1.54) is 31.7 Å². The zero-order valence-electron chi connectivity index (χ0n) is 40.6. The Labute approximate surface area is 428 Å². The molecule has 5 amide bonds. The fraction of sp³-hybridized carbons (Fsp3) is 0.435. The molecule has 0 aliphatic carbocycles. The lowest BCUT2D eigenvalue weighted by Gasteiger charge is -2.32. The van der Waals surface area contributed by atoms with E-state index in [1.807, 2.05) is 29.2 Å².